The Morgan fingerprint density at radius 2 is 2.12 bits per heavy atom. The number of carbonyl (C=O) groups excluding carboxylic acids is 1. The predicted molar refractivity (Wildman–Crippen MR) is 99.6 cm³/mol. The fourth-order valence-corrected chi connectivity index (χ4v) is 3.66. The van der Waals surface area contributed by atoms with Gasteiger partial charge in [-0.1, -0.05) is 29.8 Å². The van der Waals surface area contributed by atoms with Crippen molar-refractivity contribution in [2.75, 3.05) is 6.54 Å². The van der Waals surface area contributed by atoms with Gasteiger partial charge in [0.2, 0.25) is 0 Å². The smallest absolute Gasteiger partial charge is 0.411 e. The molecular formula is C19H24ClN3O2. The van der Waals surface area contributed by atoms with Crippen LogP contribution < -0.4 is 5.73 Å². The van der Waals surface area contributed by atoms with Gasteiger partial charge in [-0.15, -0.1) is 0 Å². The summed E-state index contributed by atoms with van der Waals surface area (Å²) in [5.41, 5.74) is 6.93. The Labute approximate surface area is 153 Å². The molecule has 2 aromatic rings. The molecule has 0 spiro atoms. The van der Waals surface area contributed by atoms with E-state index in [0.29, 0.717) is 18.0 Å². The molecule has 6 heteroatoms. The Morgan fingerprint density at radius 3 is 2.80 bits per heavy atom. The van der Waals surface area contributed by atoms with Crippen LogP contribution in [0.25, 0.3) is 10.8 Å². The van der Waals surface area contributed by atoms with Gasteiger partial charge in [-0.25, -0.2) is 4.79 Å². The number of ether oxygens (including phenoxy) is 1. The van der Waals surface area contributed by atoms with Crippen molar-refractivity contribution >= 4 is 28.5 Å². The molecule has 2 N–H and O–H groups in total. The average Bonchev–Trinajstić information content (AvgIpc) is 2.52. The van der Waals surface area contributed by atoms with Gasteiger partial charge < -0.3 is 10.5 Å². The summed E-state index contributed by atoms with van der Waals surface area (Å²) in [5.74, 6) is 0.247. The summed E-state index contributed by atoms with van der Waals surface area (Å²) >= 11 is 6.39. The molecule has 25 heavy (non-hydrogen) atoms. The largest absolute Gasteiger partial charge is 0.444 e. The van der Waals surface area contributed by atoms with E-state index in [9.17, 15) is 4.79 Å². The first-order valence-electron chi connectivity index (χ1n) is 8.53. The molecule has 5 nitrogen and oxygen atoms in total. The van der Waals surface area contributed by atoms with E-state index in [1.807, 2.05) is 39.1 Å². The highest BCUT2D eigenvalue weighted by Gasteiger charge is 2.33. The molecule has 3 rings (SSSR count). The van der Waals surface area contributed by atoms with E-state index in [0.717, 1.165) is 17.2 Å². The summed E-state index contributed by atoms with van der Waals surface area (Å²) in [4.78, 5) is 18.1. The van der Waals surface area contributed by atoms with Gasteiger partial charge in [-0.2, -0.15) is 0 Å². The number of pyridine rings is 1. The summed E-state index contributed by atoms with van der Waals surface area (Å²) in [6, 6.07) is 6.11. The molecule has 2 heterocycles. The van der Waals surface area contributed by atoms with Crippen LogP contribution in [0.5, 0.6) is 0 Å². The van der Waals surface area contributed by atoms with Gasteiger partial charge in [0.1, 0.15) is 5.60 Å². The number of benzene rings is 1. The molecule has 2 unspecified atom stereocenters. The zero-order valence-corrected chi connectivity index (χ0v) is 15.6. The normalized spacial score (nSPS) is 21.4. The first-order valence-corrected chi connectivity index (χ1v) is 8.91. The Bertz CT molecular complexity index is 783. The van der Waals surface area contributed by atoms with E-state index in [1.54, 1.807) is 11.1 Å². The van der Waals surface area contributed by atoms with Gasteiger partial charge in [-0.3, -0.25) is 9.88 Å². The maximum Gasteiger partial charge on any atom is 0.411 e. The standard InChI is InChI=1S/C19H24ClN3O2/c1-19(2,3)25-18(24)23-8-7-12(9-16(23)21)14-6-4-5-13-10-22-11-15(20)17(13)14/h4-6,10-12,16H,7-9,21H2,1-3H3. The van der Waals surface area contributed by atoms with Crippen molar-refractivity contribution in [3.8, 4) is 0 Å². The monoisotopic (exact) mass is 361 g/mol. The SMILES string of the molecule is CC(C)(C)OC(=O)N1CCC(c2cccc3cncc(Cl)c23)CC1N. The number of nitrogens with two attached hydrogens (primary N) is 1. The van der Waals surface area contributed by atoms with Crippen molar-refractivity contribution in [2.45, 2.75) is 51.3 Å². The van der Waals surface area contributed by atoms with Crippen LogP contribution >= 0.6 is 11.6 Å². The molecule has 0 saturated carbocycles. The number of piperidine rings is 1. The first kappa shape index (κ1) is 18.0. The molecule has 1 saturated heterocycles. The summed E-state index contributed by atoms with van der Waals surface area (Å²) in [6.07, 6.45) is 4.27. The molecule has 0 radical (unpaired) electrons. The molecule has 0 aliphatic carbocycles. The topological polar surface area (TPSA) is 68.5 Å². The third-order valence-corrected chi connectivity index (χ3v) is 4.77. The zero-order chi connectivity index (χ0) is 18.2. The van der Waals surface area contributed by atoms with Crippen molar-refractivity contribution in [1.82, 2.24) is 9.88 Å². The highest BCUT2D eigenvalue weighted by atomic mass is 35.5. The van der Waals surface area contributed by atoms with Crippen molar-refractivity contribution in [3.05, 3.63) is 41.2 Å². The quantitative estimate of drug-likeness (QED) is 0.822. The number of aromatic nitrogens is 1. The van der Waals surface area contributed by atoms with Gasteiger partial charge in [0.15, 0.2) is 0 Å². The number of amides is 1. The minimum atomic E-state index is -0.524. The summed E-state index contributed by atoms with van der Waals surface area (Å²) in [5, 5.41) is 2.70. The highest BCUT2D eigenvalue weighted by Crippen LogP contribution is 2.37. The summed E-state index contributed by atoms with van der Waals surface area (Å²) in [6.45, 7) is 6.14. The van der Waals surface area contributed by atoms with Crippen LogP contribution in [0.3, 0.4) is 0 Å². The van der Waals surface area contributed by atoms with Gasteiger partial charge >= 0.3 is 6.09 Å². The third-order valence-electron chi connectivity index (χ3n) is 4.48. The van der Waals surface area contributed by atoms with Crippen LogP contribution in [0.15, 0.2) is 30.6 Å². The maximum atomic E-state index is 12.3. The molecule has 1 amide bonds. The Kier molecular flexibility index (Phi) is 4.89. The van der Waals surface area contributed by atoms with E-state index in [-0.39, 0.29) is 18.2 Å². The molecule has 134 valence electrons. The summed E-state index contributed by atoms with van der Waals surface area (Å²) in [7, 11) is 0. The number of hydrogen-bond donors (Lipinski definition) is 1. The average molecular weight is 362 g/mol. The van der Waals surface area contributed by atoms with Gasteiger partial charge in [0.25, 0.3) is 0 Å². The fourth-order valence-electron chi connectivity index (χ4n) is 3.39. The number of likely N-dealkylation sites (tertiary alicyclic amines) is 1. The second-order valence-electron chi connectivity index (χ2n) is 7.53. The third kappa shape index (κ3) is 3.88. The molecule has 1 aromatic carbocycles. The van der Waals surface area contributed by atoms with Crippen molar-refractivity contribution < 1.29 is 9.53 Å². The van der Waals surface area contributed by atoms with E-state index in [2.05, 4.69) is 11.1 Å². The minimum Gasteiger partial charge on any atom is -0.444 e. The molecule has 1 aliphatic heterocycles. The number of carbonyl (C=O) groups is 1. The maximum absolute atomic E-state index is 12.3. The minimum absolute atomic E-state index is 0.247. The Hall–Kier alpha value is -1.85. The lowest BCUT2D eigenvalue weighted by Crippen LogP contribution is -2.51. The second kappa shape index (κ2) is 6.81. The Morgan fingerprint density at radius 1 is 1.36 bits per heavy atom. The molecule has 2 atom stereocenters. The lowest BCUT2D eigenvalue weighted by Gasteiger charge is -2.38. The van der Waals surface area contributed by atoms with Crippen LogP contribution in [0, 0.1) is 0 Å². The van der Waals surface area contributed by atoms with Crippen LogP contribution in [0.2, 0.25) is 5.02 Å². The number of rotatable bonds is 1. The van der Waals surface area contributed by atoms with E-state index >= 15 is 0 Å². The van der Waals surface area contributed by atoms with Crippen LogP contribution in [-0.4, -0.2) is 34.3 Å². The van der Waals surface area contributed by atoms with Gasteiger partial charge in [0.05, 0.1) is 11.2 Å². The van der Waals surface area contributed by atoms with Gasteiger partial charge in [-0.05, 0) is 45.1 Å². The molecular weight excluding hydrogens is 338 g/mol. The zero-order valence-electron chi connectivity index (χ0n) is 14.8. The molecule has 1 fully saturated rings. The lowest BCUT2D eigenvalue weighted by molar-refractivity contribution is 0.00893. The van der Waals surface area contributed by atoms with Crippen molar-refractivity contribution in [1.29, 1.82) is 0 Å². The summed E-state index contributed by atoms with van der Waals surface area (Å²) < 4.78 is 5.46. The highest BCUT2D eigenvalue weighted by molar-refractivity contribution is 6.35. The van der Waals surface area contributed by atoms with E-state index in [1.165, 1.54) is 5.56 Å². The van der Waals surface area contributed by atoms with E-state index in [4.69, 9.17) is 22.1 Å². The number of nitrogens with zero attached hydrogens (tertiary/aromatic N) is 2. The number of hydrogen-bond acceptors (Lipinski definition) is 4. The van der Waals surface area contributed by atoms with Crippen molar-refractivity contribution in [3.63, 3.8) is 0 Å². The second-order valence-corrected chi connectivity index (χ2v) is 7.94. The number of fused-ring (bicyclic) bond motifs is 1. The van der Waals surface area contributed by atoms with E-state index < -0.39 is 5.60 Å². The van der Waals surface area contributed by atoms with Crippen molar-refractivity contribution in [2.24, 2.45) is 5.73 Å². The van der Waals surface area contributed by atoms with Gasteiger partial charge in [0, 0.05) is 29.7 Å². The van der Waals surface area contributed by atoms with Crippen LogP contribution in [-0.2, 0) is 4.74 Å². The first-order chi connectivity index (χ1) is 11.8. The Balaban J connectivity index is 1.81. The molecule has 0 bridgehead atoms. The molecule has 1 aliphatic rings. The number of halogens is 1. The lowest BCUT2D eigenvalue weighted by atomic mass is 9.85. The van der Waals surface area contributed by atoms with Crippen LogP contribution in [0.1, 0.15) is 45.1 Å². The molecule has 1 aromatic heterocycles. The van der Waals surface area contributed by atoms with Crippen LogP contribution in [0.4, 0.5) is 4.79 Å². The fraction of sp³-hybridized carbons (Fsp3) is 0.474. The predicted octanol–water partition coefficient (Wildman–Crippen LogP) is 4.29.